The third-order valence-electron chi connectivity index (χ3n) is 4.02. The van der Waals surface area contributed by atoms with Gasteiger partial charge in [0.1, 0.15) is 5.69 Å². The molecule has 1 fully saturated rings. The number of imidazole rings is 1. The highest BCUT2D eigenvalue weighted by atomic mass is 16.5. The number of nitrogens with zero attached hydrogens (tertiary/aromatic N) is 1. The first-order chi connectivity index (χ1) is 12.1. The van der Waals surface area contributed by atoms with Crippen LogP contribution in [0.4, 0.5) is 0 Å². The van der Waals surface area contributed by atoms with E-state index in [1.807, 2.05) is 0 Å². The number of hydrogen-bond acceptors (Lipinski definition) is 5. The smallest absolute Gasteiger partial charge is 0.287 e. The lowest BCUT2D eigenvalue weighted by Gasteiger charge is -2.21. The van der Waals surface area contributed by atoms with Gasteiger partial charge in [0.25, 0.3) is 11.8 Å². The van der Waals surface area contributed by atoms with Crippen LogP contribution in [0.5, 0.6) is 0 Å². The Bertz CT molecular complexity index is 595. The van der Waals surface area contributed by atoms with Crippen LogP contribution in [-0.2, 0) is 9.53 Å². The standard InChI is InChI=1S/C16H25N5O4/c1-17-13(22)10-20-15(23)12-9-19-14(21-12)16(24)18-7-8-25-11-5-3-2-4-6-11/h9,11H,2-8,10H2,1H3,(H,17,22)(H,18,24)(H,19,21)(H,20,23). The Labute approximate surface area is 146 Å². The van der Waals surface area contributed by atoms with Crippen LogP contribution in [-0.4, -0.2) is 60.5 Å². The Morgan fingerprint density at radius 1 is 1.20 bits per heavy atom. The molecule has 4 N–H and O–H groups in total. The Morgan fingerprint density at radius 2 is 1.96 bits per heavy atom. The average molecular weight is 351 g/mol. The van der Waals surface area contributed by atoms with E-state index >= 15 is 0 Å². The SMILES string of the molecule is CNC(=O)CNC(=O)c1cnc(C(=O)NCCOC2CCCCC2)[nH]1. The van der Waals surface area contributed by atoms with Gasteiger partial charge in [-0.25, -0.2) is 4.98 Å². The zero-order chi connectivity index (χ0) is 18.1. The zero-order valence-corrected chi connectivity index (χ0v) is 14.4. The van der Waals surface area contributed by atoms with Gasteiger partial charge >= 0.3 is 0 Å². The van der Waals surface area contributed by atoms with Crippen molar-refractivity contribution in [1.82, 2.24) is 25.9 Å². The van der Waals surface area contributed by atoms with E-state index in [-0.39, 0.29) is 24.0 Å². The number of H-pyrrole nitrogens is 1. The van der Waals surface area contributed by atoms with Crippen molar-refractivity contribution in [2.45, 2.75) is 38.2 Å². The summed E-state index contributed by atoms with van der Waals surface area (Å²) in [5.41, 5.74) is 0.118. The molecule has 1 aliphatic carbocycles. The van der Waals surface area contributed by atoms with E-state index < -0.39 is 11.8 Å². The zero-order valence-electron chi connectivity index (χ0n) is 14.4. The minimum absolute atomic E-state index is 0.0442. The fourth-order valence-corrected chi connectivity index (χ4v) is 2.60. The van der Waals surface area contributed by atoms with Crippen molar-refractivity contribution in [1.29, 1.82) is 0 Å². The van der Waals surface area contributed by atoms with Gasteiger partial charge < -0.3 is 25.7 Å². The molecule has 0 bridgehead atoms. The highest BCUT2D eigenvalue weighted by molar-refractivity contribution is 5.97. The van der Waals surface area contributed by atoms with E-state index in [2.05, 4.69) is 25.9 Å². The van der Waals surface area contributed by atoms with Gasteiger partial charge in [-0.1, -0.05) is 19.3 Å². The molecule has 0 atom stereocenters. The summed E-state index contributed by atoms with van der Waals surface area (Å²) in [6.45, 7) is 0.694. The molecular weight excluding hydrogens is 326 g/mol. The largest absolute Gasteiger partial charge is 0.376 e. The molecule has 3 amide bonds. The second kappa shape index (κ2) is 9.77. The molecule has 138 valence electrons. The van der Waals surface area contributed by atoms with E-state index in [4.69, 9.17) is 4.74 Å². The van der Waals surface area contributed by atoms with Crippen LogP contribution in [0.2, 0.25) is 0 Å². The van der Waals surface area contributed by atoms with Crippen LogP contribution in [0, 0.1) is 0 Å². The van der Waals surface area contributed by atoms with Gasteiger partial charge in [0.2, 0.25) is 5.91 Å². The summed E-state index contributed by atoms with van der Waals surface area (Å²) in [6, 6.07) is 0. The lowest BCUT2D eigenvalue weighted by atomic mass is 9.98. The second-order valence-corrected chi connectivity index (χ2v) is 5.89. The van der Waals surface area contributed by atoms with Gasteiger partial charge in [-0.05, 0) is 12.8 Å². The van der Waals surface area contributed by atoms with E-state index in [0.29, 0.717) is 19.3 Å². The Morgan fingerprint density at radius 3 is 2.68 bits per heavy atom. The summed E-state index contributed by atoms with van der Waals surface area (Å²) in [5.74, 6) is -1.18. The van der Waals surface area contributed by atoms with Crippen molar-refractivity contribution >= 4 is 17.7 Å². The third-order valence-corrected chi connectivity index (χ3v) is 4.02. The summed E-state index contributed by atoms with van der Waals surface area (Å²) < 4.78 is 5.73. The van der Waals surface area contributed by atoms with Crippen LogP contribution in [0.3, 0.4) is 0 Å². The molecule has 0 aromatic carbocycles. The summed E-state index contributed by atoms with van der Waals surface area (Å²) in [6.07, 6.45) is 7.40. The first-order valence-electron chi connectivity index (χ1n) is 8.53. The Kier molecular flexibility index (Phi) is 7.39. The molecule has 9 heteroatoms. The number of amides is 3. The molecule has 1 heterocycles. The van der Waals surface area contributed by atoms with Crippen molar-refractivity contribution in [3.05, 3.63) is 17.7 Å². The molecule has 1 aromatic rings. The van der Waals surface area contributed by atoms with Gasteiger partial charge in [0, 0.05) is 13.6 Å². The molecule has 25 heavy (non-hydrogen) atoms. The lowest BCUT2D eigenvalue weighted by molar-refractivity contribution is -0.119. The second-order valence-electron chi connectivity index (χ2n) is 5.89. The van der Waals surface area contributed by atoms with Crippen molar-refractivity contribution in [3.8, 4) is 0 Å². The van der Waals surface area contributed by atoms with E-state index in [9.17, 15) is 14.4 Å². The molecule has 1 saturated carbocycles. The minimum atomic E-state index is -0.504. The van der Waals surface area contributed by atoms with E-state index in [1.165, 1.54) is 32.5 Å². The van der Waals surface area contributed by atoms with E-state index in [0.717, 1.165) is 12.8 Å². The third kappa shape index (κ3) is 6.18. The number of carbonyl (C=O) groups excluding carboxylic acids is 3. The van der Waals surface area contributed by atoms with Crippen molar-refractivity contribution < 1.29 is 19.1 Å². The van der Waals surface area contributed by atoms with Gasteiger partial charge in [-0.15, -0.1) is 0 Å². The summed E-state index contributed by atoms with van der Waals surface area (Å²) in [5, 5.41) is 7.51. The Hall–Kier alpha value is -2.42. The molecule has 1 aromatic heterocycles. The van der Waals surface area contributed by atoms with Crippen LogP contribution >= 0.6 is 0 Å². The molecule has 0 unspecified atom stereocenters. The summed E-state index contributed by atoms with van der Waals surface area (Å²) in [4.78, 5) is 41.4. The van der Waals surface area contributed by atoms with E-state index in [1.54, 1.807) is 0 Å². The topological polar surface area (TPSA) is 125 Å². The first-order valence-corrected chi connectivity index (χ1v) is 8.53. The van der Waals surface area contributed by atoms with Crippen molar-refractivity contribution in [2.24, 2.45) is 0 Å². The number of carbonyl (C=O) groups is 3. The van der Waals surface area contributed by atoms with Gasteiger partial charge in [-0.2, -0.15) is 0 Å². The van der Waals surface area contributed by atoms with Gasteiger partial charge in [0.05, 0.1) is 25.5 Å². The van der Waals surface area contributed by atoms with Crippen LogP contribution in [0.1, 0.15) is 53.2 Å². The van der Waals surface area contributed by atoms with Gasteiger partial charge in [-0.3, -0.25) is 14.4 Å². The Balaban J connectivity index is 1.70. The molecular formula is C16H25N5O4. The summed E-state index contributed by atoms with van der Waals surface area (Å²) >= 11 is 0. The van der Waals surface area contributed by atoms with Crippen LogP contribution in [0.25, 0.3) is 0 Å². The predicted octanol–water partition coefficient (Wildman–Crippen LogP) is -0.0354. The fourth-order valence-electron chi connectivity index (χ4n) is 2.60. The highest BCUT2D eigenvalue weighted by Crippen LogP contribution is 2.19. The number of hydrogen-bond donors (Lipinski definition) is 4. The molecule has 2 rings (SSSR count). The molecule has 0 radical (unpaired) electrons. The number of aromatic amines is 1. The number of nitrogens with one attached hydrogen (secondary N) is 4. The maximum Gasteiger partial charge on any atom is 0.287 e. The van der Waals surface area contributed by atoms with Gasteiger partial charge in [0.15, 0.2) is 5.82 Å². The number of aromatic nitrogens is 2. The maximum atomic E-state index is 12.0. The number of rotatable bonds is 8. The number of ether oxygens (including phenoxy) is 1. The minimum Gasteiger partial charge on any atom is -0.376 e. The highest BCUT2D eigenvalue weighted by Gasteiger charge is 2.16. The first kappa shape index (κ1) is 18.9. The fraction of sp³-hybridized carbons (Fsp3) is 0.625. The lowest BCUT2D eigenvalue weighted by Crippen LogP contribution is -2.35. The quantitative estimate of drug-likeness (QED) is 0.489. The maximum absolute atomic E-state index is 12.0. The molecule has 9 nitrogen and oxygen atoms in total. The van der Waals surface area contributed by atoms with Crippen LogP contribution < -0.4 is 16.0 Å². The molecule has 1 aliphatic rings. The molecule has 0 saturated heterocycles. The number of likely N-dealkylation sites (N-methyl/N-ethyl adjacent to an activating group) is 1. The average Bonchev–Trinajstić information content (AvgIpc) is 3.14. The molecule has 0 spiro atoms. The van der Waals surface area contributed by atoms with Crippen LogP contribution in [0.15, 0.2) is 6.20 Å². The summed E-state index contributed by atoms with van der Waals surface area (Å²) in [7, 11) is 1.48. The van der Waals surface area contributed by atoms with Crippen molar-refractivity contribution in [2.75, 3.05) is 26.7 Å². The van der Waals surface area contributed by atoms with Crippen molar-refractivity contribution in [3.63, 3.8) is 0 Å². The predicted molar refractivity (Wildman–Crippen MR) is 90.1 cm³/mol. The monoisotopic (exact) mass is 351 g/mol. The normalized spacial score (nSPS) is 14.8. The molecule has 0 aliphatic heterocycles.